The summed E-state index contributed by atoms with van der Waals surface area (Å²) in [5.74, 6) is 1.85. The van der Waals surface area contributed by atoms with E-state index in [0.717, 1.165) is 31.6 Å². The van der Waals surface area contributed by atoms with Crippen LogP contribution >= 0.6 is 24.0 Å². The predicted molar refractivity (Wildman–Crippen MR) is 126 cm³/mol. The van der Waals surface area contributed by atoms with Gasteiger partial charge in [0.05, 0.1) is 20.8 Å². The first-order chi connectivity index (χ1) is 13.1. The van der Waals surface area contributed by atoms with Crippen molar-refractivity contribution in [3.8, 4) is 11.5 Å². The molecule has 0 aliphatic heterocycles. The molecule has 6 nitrogen and oxygen atoms in total. The highest BCUT2D eigenvalue weighted by Gasteiger charge is 2.04. The Hall–Kier alpha value is -2.00. The number of methoxy groups -OCH3 is 2. The fourth-order valence-corrected chi connectivity index (χ4v) is 2.75. The average molecular weight is 498 g/mol. The lowest BCUT2D eigenvalue weighted by atomic mass is 10.2. The third-order valence-corrected chi connectivity index (χ3v) is 4.20. The number of rotatable bonds is 10. The summed E-state index contributed by atoms with van der Waals surface area (Å²) < 4.78 is 10.5. The van der Waals surface area contributed by atoms with Crippen LogP contribution in [0.15, 0.2) is 53.5 Å². The van der Waals surface area contributed by atoms with E-state index in [9.17, 15) is 0 Å². The van der Waals surface area contributed by atoms with E-state index in [2.05, 4.69) is 46.5 Å². The second-order valence-corrected chi connectivity index (χ2v) is 6.39. The minimum atomic E-state index is 0. The minimum absolute atomic E-state index is 0. The number of hydrogen-bond acceptors (Lipinski definition) is 4. The number of halogens is 1. The maximum Gasteiger partial charge on any atom is 0.188 e. The second-order valence-electron chi connectivity index (χ2n) is 6.39. The van der Waals surface area contributed by atoms with E-state index in [1.54, 1.807) is 14.2 Å². The number of benzene rings is 2. The van der Waals surface area contributed by atoms with Gasteiger partial charge in [-0.25, -0.2) is 4.99 Å². The molecule has 2 aromatic rings. The fourth-order valence-electron chi connectivity index (χ4n) is 2.75. The first kappa shape index (κ1) is 24.0. The topological polar surface area (TPSA) is 72.1 Å². The van der Waals surface area contributed by atoms with Crippen LogP contribution in [0, 0.1) is 0 Å². The smallest absolute Gasteiger partial charge is 0.188 e. The zero-order valence-corrected chi connectivity index (χ0v) is 19.2. The molecule has 0 aliphatic rings. The van der Waals surface area contributed by atoms with Crippen molar-refractivity contribution < 1.29 is 9.47 Å². The number of ether oxygens (including phenoxy) is 2. The van der Waals surface area contributed by atoms with Crippen molar-refractivity contribution >= 4 is 29.9 Å². The van der Waals surface area contributed by atoms with Gasteiger partial charge in [0.2, 0.25) is 0 Å². The Balaban J connectivity index is 0.00000392. The van der Waals surface area contributed by atoms with Crippen molar-refractivity contribution in [3.63, 3.8) is 0 Å². The van der Waals surface area contributed by atoms with Gasteiger partial charge in [-0.2, -0.15) is 0 Å². The number of aliphatic imine (C=N–C) groups is 1. The molecule has 0 saturated carbocycles. The van der Waals surface area contributed by atoms with E-state index in [4.69, 9.17) is 15.2 Å². The van der Waals surface area contributed by atoms with Gasteiger partial charge in [0, 0.05) is 13.1 Å². The summed E-state index contributed by atoms with van der Waals surface area (Å²) in [7, 11) is 5.37. The Kier molecular flexibility index (Phi) is 11.4. The van der Waals surface area contributed by atoms with Crippen molar-refractivity contribution in [2.24, 2.45) is 10.7 Å². The Morgan fingerprint density at radius 2 is 1.75 bits per heavy atom. The molecule has 0 spiro atoms. The fraction of sp³-hybridized carbons (Fsp3) is 0.381. The number of nitrogens with zero attached hydrogens (tertiary/aromatic N) is 2. The van der Waals surface area contributed by atoms with Crippen molar-refractivity contribution in [3.05, 3.63) is 59.7 Å². The SMILES string of the molecule is COc1ccc(CN=C(N)NCCCN(C)Cc2ccccc2)cc1OC.I. The summed E-state index contributed by atoms with van der Waals surface area (Å²) in [6, 6.07) is 16.2. The highest BCUT2D eigenvalue weighted by Crippen LogP contribution is 2.27. The van der Waals surface area contributed by atoms with Gasteiger partial charge in [-0.05, 0) is 43.3 Å². The van der Waals surface area contributed by atoms with Gasteiger partial charge in [-0.1, -0.05) is 36.4 Å². The molecule has 2 aromatic carbocycles. The molecule has 0 aliphatic carbocycles. The molecular weight excluding hydrogens is 467 g/mol. The summed E-state index contributed by atoms with van der Waals surface area (Å²) in [5, 5.41) is 3.17. The Morgan fingerprint density at radius 3 is 2.43 bits per heavy atom. The number of guanidine groups is 1. The van der Waals surface area contributed by atoms with Crippen LogP contribution in [0.4, 0.5) is 0 Å². The van der Waals surface area contributed by atoms with Crippen molar-refractivity contribution in [2.45, 2.75) is 19.5 Å². The zero-order valence-electron chi connectivity index (χ0n) is 16.9. The standard InChI is InChI=1S/C21H30N4O2.HI/c1-25(16-17-8-5-4-6-9-17)13-7-12-23-21(22)24-15-18-10-11-19(26-2)20(14-18)27-3;/h4-6,8-11,14H,7,12-13,15-16H2,1-3H3,(H3,22,23,24);1H. The predicted octanol–water partition coefficient (Wildman–Crippen LogP) is 3.25. The zero-order chi connectivity index (χ0) is 19.5. The molecule has 0 saturated heterocycles. The normalized spacial score (nSPS) is 11.1. The molecule has 28 heavy (non-hydrogen) atoms. The summed E-state index contributed by atoms with van der Waals surface area (Å²) in [4.78, 5) is 6.68. The van der Waals surface area contributed by atoms with Crippen molar-refractivity contribution in [1.29, 1.82) is 0 Å². The van der Waals surface area contributed by atoms with Crippen molar-refractivity contribution in [2.75, 3.05) is 34.4 Å². The lowest BCUT2D eigenvalue weighted by Crippen LogP contribution is -2.34. The summed E-state index contributed by atoms with van der Waals surface area (Å²) in [6.07, 6.45) is 0.996. The van der Waals surface area contributed by atoms with E-state index >= 15 is 0 Å². The van der Waals surface area contributed by atoms with Crippen LogP contribution in [0.1, 0.15) is 17.5 Å². The largest absolute Gasteiger partial charge is 0.493 e. The first-order valence-electron chi connectivity index (χ1n) is 9.09. The third kappa shape index (κ3) is 8.35. The van der Waals surface area contributed by atoms with Crippen LogP contribution in [0.5, 0.6) is 11.5 Å². The van der Waals surface area contributed by atoms with Crippen LogP contribution in [-0.4, -0.2) is 45.2 Å². The molecule has 3 N–H and O–H groups in total. The van der Waals surface area contributed by atoms with E-state index in [1.807, 2.05) is 24.3 Å². The van der Waals surface area contributed by atoms with Crippen LogP contribution in [-0.2, 0) is 13.1 Å². The van der Waals surface area contributed by atoms with Gasteiger partial charge < -0.3 is 25.4 Å². The number of nitrogens with two attached hydrogens (primary N) is 1. The van der Waals surface area contributed by atoms with Crippen molar-refractivity contribution in [1.82, 2.24) is 10.2 Å². The summed E-state index contributed by atoms with van der Waals surface area (Å²) in [6.45, 7) is 3.22. The Bertz CT molecular complexity index is 726. The molecule has 0 heterocycles. The average Bonchev–Trinajstić information content (AvgIpc) is 2.70. The van der Waals surface area contributed by atoms with Gasteiger partial charge in [-0.15, -0.1) is 24.0 Å². The van der Waals surface area contributed by atoms with Crippen LogP contribution < -0.4 is 20.5 Å². The highest BCUT2D eigenvalue weighted by molar-refractivity contribution is 14.0. The van der Waals surface area contributed by atoms with Gasteiger partial charge in [0.25, 0.3) is 0 Å². The molecule has 0 amide bonds. The summed E-state index contributed by atoms with van der Waals surface area (Å²) >= 11 is 0. The van der Waals surface area contributed by atoms with Crippen LogP contribution in [0.2, 0.25) is 0 Å². The number of hydrogen-bond donors (Lipinski definition) is 2. The minimum Gasteiger partial charge on any atom is -0.493 e. The second kappa shape index (κ2) is 13.2. The maximum absolute atomic E-state index is 5.96. The quantitative estimate of drug-likeness (QED) is 0.228. The van der Waals surface area contributed by atoms with E-state index in [1.165, 1.54) is 5.56 Å². The Labute approximate surface area is 185 Å². The molecule has 154 valence electrons. The van der Waals surface area contributed by atoms with Crippen LogP contribution in [0.25, 0.3) is 0 Å². The first-order valence-corrected chi connectivity index (χ1v) is 9.09. The van der Waals surface area contributed by atoms with Gasteiger partial charge in [-0.3, -0.25) is 0 Å². The van der Waals surface area contributed by atoms with Gasteiger partial charge in [0.1, 0.15) is 0 Å². The Morgan fingerprint density at radius 1 is 1.04 bits per heavy atom. The van der Waals surface area contributed by atoms with E-state index in [0.29, 0.717) is 24.0 Å². The number of nitrogens with one attached hydrogen (secondary N) is 1. The van der Waals surface area contributed by atoms with E-state index < -0.39 is 0 Å². The monoisotopic (exact) mass is 498 g/mol. The van der Waals surface area contributed by atoms with Gasteiger partial charge >= 0.3 is 0 Å². The lowest BCUT2D eigenvalue weighted by Gasteiger charge is -2.16. The van der Waals surface area contributed by atoms with Gasteiger partial charge in [0.15, 0.2) is 17.5 Å². The molecule has 0 fully saturated rings. The third-order valence-electron chi connectivity index (χ3n) is 4.20. The lowest BCUT2D eigenvalue weighted by molar-refractivity contribution is 0.322. The molecular formula is C21H31IN4O2. The highest BCUT2D eigenvalue weighted by atomic mass is 127. The maximum atomic E-state index is 5.96. The molecule has 0 bridgehead atoms. The molecule has 0 radical (unpaired) electrons. The summed E-state index contributed by atoms with van der Waals surface area (Å²) in [5.41, 5.74) is 8.29. The molecule has 7 heteroatoms. The van der Waals surface area contributed by atoms with Crippen LogP contribution in [0.3, 0.4) is 0 Å². The molecule has 0 atom stereocenters. The molecule has 2 rings (SSSR count). The molecule has 0 unspecified atom stereocenters. The van der Waals surface area contributed by atoms with E-state index in [-0.39, 0.29) is 24.0 Å². The molecule has 0 aromatic heterocycles.